The van der Waals surface area contributed by atoms with E-state index in [0.29, 0.717) is 0 Å². The van der Waals surface area contributed by atoms with E-state index in [2.05, 4.69) is 10.6 Å². The summed E-state index contributed by atoms with van der Waals surface area (Å²) in [7, 11) is 0. The molecule has 0 saturated carbocycles. The molecule has 3 nitrogen and oxygen atoms in total. The molecule has 1 amide bonds. The highest BCUT2D eigenvalue weighted by molar-refractivity contribution is 5.92. The molecule has 1 atom stereocenters. The van der Waals surface area contributed by atoms with Crippen LogP contribution in [0.25, 0.3) is 0 Å². The minimum atomic E-state index is -4.40. The summed E-state index contributed by atoms with van der Waals surface area (Å²) < 4.78 is 37.6. The summed E-state index contributed by atoms with van der Waals surface area (Å²) in [6.45, 7) is 3.34. The molecule has 0 aromatic heterocycles. The number of nitrogens with one attached hydrogen (secondary N) is 2. The molecule has 1 aliphatic rings. The zero-order valence-corrected chi connectivity index (χ0v) is 11.6. The Balaban J connectivity index is 0.00000200. The summed E-state index contributed by atoms with van der Waals surface area (Å²) in [6, 6.07) is 4.67. The molecule has 0 aliphatic carbocycles. The zero-order valence-electron chi connectivity index (χ0n) is 10.8. The third kappa shape index (κ3) is 3.86. The van der Waals surface area contributed by atoms with Crippen LogP contribution in [0.3, 0.4) is 0 Å². The van der Waals surface area contributed by atoms with E-state index in [4.69, 9.17) is 0 Å². The normalized spacial score (nSPS) is 16.8. The third-order valence-electron chi connectivity index (χ3n) is 3.39. The highest BCUT2D eigenvalue weighted by Gasteiger charge is 2.31. The minimum Gasteiger partial charge on any atom is -0.326 e. The van der Waals surface area contributed by atoms with Crippen LogP contribution in [0, 0.1) is 11.8 Å². The summed E-state index contributed by atoms with van der Waals surface area (Å²) in [5.74, 6) is -0.201. The Hall–Kier alpha value is -1.27. The van der Waals surface area contributed by atoms with Crippen molar-refractivity contribution in [3.63, 3.8) is 0 Å². The van der Waals surface area contributed by atoms with Crippen LogP contribution in [0.5, 0.6) is 0 Å². The maximum absolute atomic E-state index is 12.5. The number of alkyl halides is 3. The first kappa shape index (κ1) is 16.8. The maximum atomic E-state index is 12.5. The molecule has 1 aromatic carbocycles. The molecular weight excluding hydrogens is 293 g/mol. The van der Waals surface area contributed by atoms with Gasteiger partial charge in [-0.3, -0.25) is 4.79 Å². The van der Waals surface area contributed by atoms with Gasteiger partial charge in [0.25, 0.3) is 0 Å². The quantitative estimate of drug-likeness (QED) is 0.901. The first-order valence-corrected chi connectivity index (χ1v) is 6.07. The van der Waals surface area contributed by atoms with Gasteiger partial charge in [-0.1, -0.05) is 13.0 Å². The molecule has 1 heterocycles. The van der Waals surface area contributed by atoms with Crippen LogP contribution < -0.4 is 10.6 Å². The second kappa shape index (κ2) is 6.45. The highest BCUT2D eigenvalue weighted by Crippen LogP contribution is 2.30. The number of hydrogen-bond donors (Lipinski definition) is 2. The molecule has 20 heavy (non-hydrogen) atoms. The number of anilines is 1. The van der Waals surface area contributed by atoms with Crippen LogP contribution in [-0.4, -0.2) is 19.0 Å². The van der Waals surface area contributed by atoms with Crippen molar-refractivity contribution in [3.05, 3.63) is 29.8 Å². The van der Waals surface area contributed by atoms with Crippen LogP contribution in [0.4, 0.5) is 18.9 Å². The van der Waals surface area contributed by atoms with Gasteiger partial charge in [0.1, 0.15) is 0 Å². The molecule has 1 aliphatic heterocycles. The highest BCUT2D eigenvalue weighted by atomic mass is 35.5. The Kier molecular flexibility index (Phi) is 5.42. The molecule has 0 radical (unpaired) electrons. The third-order valence-corrected chi connectivity index (χ3v) is 3.39. The summed E-state index contributed by atoms with van der Waals surface area (Å²) >= 11 is 0. The zero-order chi connectivity index (χ0) is 14.0. The first-order chi connectivity index (χ1) is 8.88. The second-order valence-electron chi connectivity index (χ2n) is 4.77. The van der Waals surface area contributed by atoms with E-state index in [0.717, 1.165) is 25.2 Å². The van der Waals surface area contributed by atoms with Crippen LogP contribution >= 0.6 is 12.4 Å². The molecule has 1 aromatic rings. The Morgan fingerprint density at radius 3 is 2.55 bits per heavy atom. The van der Waals surface area contributed by atoms with Gasteiger partial charge in [-0.2, -0.15) is 13.2 Å². The van der Waals surface area contributed by atoms with E-state index in [-0.39, 0.29) is 35.8 Å². The van der Waals surface area contributed by atoms with E-state index in [1.54, 1.807) is 6.92 Å². The predicted molar refractivity (Wildman–Crippen MR) is 72.8 cm³/mol. The van der Waals surface area contributed by atoms with Crippen LogP contribution in [0.1, 0.15) is 12.5 Å². The lowest BCUT2D eigenvalue weighted by molar-refractivity contribution is -0.137. The molecule has 1 fully saturated rings. The molecular formula is C13H16ClF3N2O. The van der Waals surface area contributed by atoms with E-state index < -0.39 is 11.7 Å². The van der Waals surface area contributed by atoms with Crippen LogP contribution in [0.2, 0.25) is 0 Å². The predicted octanol–water partition coefficient (Wildman–Crippen LogP) is 2.92. The number of hydrogen-bond acceptors (Lipinski definition) is 2. The Morgan fingerprint density at radius 1 is 1.40 bits per heavy atom. The summed E-state index contributed by atoms with van der Waals surface area (Å²) in [4.78, 5) is 11.9. The first-order valence-electron chi connectivity index (χ1n) is 6.07. The fourth-order valence-electron chi connectivity index (χ4n) is 1.91. The standard InChI is InChI=1S/C13H15F3N2O.ClH/c1-8(9-6-17-7-9)12(19)18-11-4-2-3-10(5-11)13(14,15)16;/h2-5,8-9,17H,6-7H2,1H3,(H,18,19);1H. The SMILES string of the molecule is CC(C(=O)Nc1cccc(C(F)(F)F)c1)C1CNC1.Cl. The lowest BCUT2D eigenvalue weighted by atomic mass is 9.88. The topological polar surface area (TPSA) is 41.1 Å². The van der Waals surface area contributed by atoms with Crippen molar-refractivity contribution in [2.24, 2.45) is 11.8 Å². The Bertz CT molecular complexity index is 475. The van der Waals surface area contributed by atoms with Crippen molar-refractivity contribution in [1.82, 2.24) is 5.32 Å². The van der Waals surface area contributed by atoms with Crippen molar-refractivity contribution in [2.75, 3.05) is 18.4 Å². The Labute approximate surface area is 121 Å². The summed E-state index contributed by atoms with van der Waals surface area (Å²) in [6.07, 6.45) is -4.40. The van der Waals surface area contributed by atoms with Gasteiger partial charge < -0.3 is 10.6 Å². The average molecular weight is 309 g/mol. The van der Waals surface area contributed by atoms with Crippen LogP contribution in [0.15, 0.2) is 24.3 Å². The molecule has 0 spiro atoms. The maximum Gasteiger partial charge on any atom is 0.416 e. The van der Waals surface area contributed by atoms with Crippen LogP contribution in [-0.2, 0) is 11.0 Å². The van der Waals surface area contributed by atoms with Gasteiger partial charge in [-0.05, 0) is 37.2 Å². The number of carbonyl (C=O) groups excluding carboxylic acids is 1. The van der Waals surface area contributed by atoms with Crippen molar-refractivity contribution in [3.8, 4) is 0 Å². The van der Waals surface area contributed by atoms with Crippen molar-refractivity contribution in [2.45, 2.75) is 13.1 Å². The summed E-state index contributed by atoms with van der Waals surface area (Å²) in [5, 5.41) is 5.60. The van der Waals surface area contributed by atoms with Crippen molar-refractivity contribution in [1.29, 1.82) is 0 Å². The molecule has 2 rings (SSSR count). The minimum absolute atomic E-state index is 0. The second-order valence-corrected chi connectivity index (χ2v) is 4.77. The van der Waals surface area contributed by atoms with Crippen molar-refractivity contribution >= 4 is 24.0 Å². The average Bonchev–Trinajstić information content (AvgIpc) is 2.25. The number of amides is 1. The summed E-state index contributed by atoms with van der Waals surface area (Å²) in [5.41, 5.74) is -0.581. The van der Waals surface area contributed by atoms with Gasteiger partial charge in [0.15, 0.2) is 0 Å². The number of halogens is 4. The molecule has 7 heteroatoms. The largest absolute Gasteiger partial charge is 0.416 e. The van der Waals surface area contributed by atoms with E-state index >= 15 is 0 Å². The monoisotopic (exact) mass is 308 g/mol. The van der Waals surface area contributed by atoms with Gasteiger partial charge in [-0.25, -0.2) is 0 Å². The fraction of sp³-hybridized carbons (Fsp3) is 0.462. The van der Waals surface area contributed by atoms with E-state index in [1.165, 1.54) is 12.1 Å². The lowest BCUT2D eigenvalue weighted by Crippen LogP contribution is -2.48. The fourth-order valence-corrected chi connectivity index (χ4v) is 1.91. The molecule has 112 valence electrons. The number of carbonyl (C=O) groups is 1. The molecule has 1 unspecified atom stereocenters. The number of rotatable bonds is 3. The smallest absolute Gasteiger partial charge is 0.326 e. The Morgan fingerprint density at radius 2 is 2.05 bits per heavy atom. The van der Waals surface area contributed by atoms with Gasteiger partial charge in [0.05, 0.1) is 5.56 Å². The molecule has 2 N–H and O–H groups in total. The van der Waals surface area contributed by atoms with Crippen molar-refractivity contribution < 1.29 is 18.0 Å². The molecule has 1 saturated heterocycles. The van der Waals surface area contributed by atoms with Gasteiger partial charge in [-0.15, -0.1) is 12.4 Å². The van der Waals surface area contributed by atoms with Gasteiger partial charge in [0, 0.05) is 11.6 Å². The van der Waals surface area contributed by atoms with E-state index in [9.17, 15) is 18.0 Å². The van der Waals surface area contributed by atoms with Gasteiger partial charge >= 0.3 is 6.18 Å². The van der Waals surface area contributed by atoms with Gasteiger partial charge in [0.2, 0.25) is 5.91 Å². The lowest BCUT2D eigenvalue weighted by Gasteiger charge is -2.31. The molecule has 0 bridgehead atoms. The van der Waals surface area contributed by atoms with E-state index in [1.807, 2.05) is 0 Å². The number of benzene rings is 1.